The van der Waals surface area contributed by atoms with E-state index in [0.717, 1.165) is 11.5 Å². The van der Waals surface area contributed by atoms with Gasteiger partial charge in [-0.3, -0.25) is 4.79 Å². The van der Waals surface area contributed by atoms with Crippen molar-refractivity contribution in [3.05, 3.63) is 27.4 Å². The molecule has 0 unspecified atom stereocenters. The SMILES string of the molecule is COC(=O)c1sccc1NC(=O)c1csnn1. The molecule has 0 spiro atoms. The van der Waals surface area contributed by atoms with E-state index in [4.69, 9.17) is 0 Å². The summed E-state index contributed by atoms with van der Waals surface area (Å²) >= 11 is 2.28. The van der Waals surface area contributed by atoms with Gasteiger partial charge in [0.15, 0.2) is 5.69 Å². The average Bonchev–Trinajstić information content (AvgIpc) is 2.98. The Balaban J connectivity index is 2.17. The molecule has 8 heteroatoms. The molecule has 1 N–H and O–H groups in total. The molecule has 0 fully saturated rings. The molecule has 88 valence electrons. The van der Waals surface area contributed by atoms with Crippen molar-refractivity contribution in [2.45, 2.75) is 0 Å². The van der Waals surface area contributed by atoms with E-state index in [1.54, 1.807) is 11.4 Å². The number of amides is 1. The molecule has 0 atom stereocenters. The van der Waals surface area contributed by atoms with Crippen LogP contribution in [-0.2, 0) is 4.74 Å². The number of hydrogen-bond acceptors (Lipinski definition) is 7. The number of ether oxygens (including phenoxy) is 1. The second-order valence-electron chi connectivity index (χ2n) is 2.90. The Morgan fingerprint density at radius 2 is 2.29 bits per heavy atom. The van der Waals surface area contributed by atoms with Crippen LogP contribution in [0.4, 0.5) is 5.69 Å². The summed E-state index contributed by atoms with van der Waals surface area (Å²) < 4.78 is 8.19. The van der Waals surface area contributed by atoms with E-state index in [-0.39, 0.29) is 5.69 Å². The van der Waals surface area contributed by atoms with Gasteiger partial charge in [0, 0.05) is 5.38 Å². The van der Waals surface area contributed by atoms with Crippen LogP contribution in [0.15, 0.2) is 16.8 Å². The number of rotatable bonds is 3. The summed E-state index contributed by atoms with van der Waals surface area (Å²) in [5.74, 6) is -0.881. The van der Waals surface area contributed by atoms with Gasteiger partial charge in [-0.2, -0.15) is 0 Å². The summed E-state index contributed by atoms with van der Waals surface area (Å²) in [7, 11) is 1.29. The Morgan fingerprint density at radius 3 is 2.94 bits per heavy atom. The first-order valence-corrected chi connectivity index (χ1v) is 6.18. The fourth-order valence-electron chi connectivity index (χ4n) is 1.11. The third-order valence-electron chi connectivity index (χ3n) is 1.88. The Morgan fingerprint density at radius 1 is 1.47 bits per heavy atom. The molecule has 0 bridgehead atoms. The molecule has 6 nitrogen and oxygen atoms in total. The highest BCUT2D eigenvalue weighted by molar-refractivity contribution is 7.12. The van der Waals surface area contributed by atoms with Crippen LogP contribution in [0.2, 0.25) is 0 Å². The number of esters is 1. The van der Waals surface area contributed by atoms with Crippen molar-refractivity contribution in [1.29, 1.82) is 0 Å². The Hall–Kier alpha value is -1.80. The van der Waals surface area contributed by atoms with Crippen molar-refractivity contribution < 1.29 is 14.3 Å². The fourth-order valence-corrected chi connectivity index (χ4v) is 2.31. The Bertz CT molecular complexity index is 535. The summed E-state index contributed by atoms with van der Waals surface area (Å²) in [5.41, 5.74) is 0.636. The maximum atomic E-state index is 11.7. The van der Waals surface area contributed by atoms with Crippen molar-refractivity contribution >= 4 is 40.4 Å². The van der Waals surface area contributed by atoms with Crippen LogP contribution >= 0.6 is 22.9 Å². The zero-order chi connectivity index (χ0) is 12.3. The van der Waals surface area contributed by atoms with E-state index in [2.05, 4.69) is 19.6 Å². The maximum absolute atomic E-state index is 11.7. The molecule has 0 saturated heterocycles. The highest BCUT2D eigenvalue weighted by atomic mass is 32.1. The molecule has 1 amide bonds. The van der Waals surface area contributed by atoms with Crippen molar-refractivity contribution in [2.24, 2.45) is 0 Å². The molecule has 2 heterocycles. The quantitative estimate of drug-likeness (QED) is 0.857. The zero-order valence-corrected chi connectivity index (χ0v) is 10.3. The lowest BCUT2D eigenvalue weighted by Crippen LogP contribution is -2.14. The highest BCUT2D eigenvalue weighted by Crippen LogP contribution is 2.23. The number of anilines is 1. The molecule has 0 aliphatic heterocycles. The van der Waals surface area contributed by atoms with Gasteiger partial charge in [0.05, 0.1) is 12.8 Å². The molecular weight excluding hydrogens is 262 g/mol. The lowest BCUT2D eigenvalue weighted by atomic mass is 10.3. The molecule has 2 aromatic heterocycles. The molecule has 0 aliphatic carbocycles. The van der Waals surface area contributed by atoms with Crippen LogP contribution in [0.5, 0.6) is 0 Å². The van der Waals surface area contributed by atoms with Crippen molar-refractivity contribution in [3.63, 3.8) is 0 Å². The summed E-state index contributed by atoms with van der Waals surface area (Å²) in [5, 5.41) is 9.44. The zero-order valence-electron chi connectivity index (χ0n) is 8.67. The largest absolute Gasteiger partial charge is 0.465 e. The predicted octanol–water partition coefficient (Wildman–Crippen LogP) is 1.64. The minimum atomic E-state index is -0.480. The van der Waals surface area contributed by atoms with Gasteiger partial charge in [-0.25, -0.2) is 4.79 Å². The number of nitrogens with one attached hydrogen (secondary N) is 1. The summed E-state index contributed by atoms with van der Waals surface area (Å²) in [6.45, 7) is 0. The summed E-state index contributed by atoms with van der Waals surface area (Å²) in [6, 6.07) is 1.63. The van der Waals surface area contributed by atoms with Crippen molar-refractivity contribution in [1.82, 2.24) is 9.59 Å². The first-order chi connectivity index (χ1) is 8.22. The van der Waals surface area contributed by atoms with Crippen molar-refractivity contribution in [3.8, 4) is 0 Å². The number of carbonyl (C=O) groups excluding carboxylic acids is 2. The number of hydrogen-bond donors (Lipinski definition) is 1. The second-order valence-corrected chi connectivity index (χ2v) is 4.43. The molecule has 17 heavy (non-hydrogen) atoms. The van der Waals surface area contributed by atoms with Gasteiger partial charge in [-0.05, 0) is 23.0 Å². The van der Waals surface area contributed by atoms with E-state index in [1.165, 1.54) is 23.8 Å². The molecule has 0 aromatic carbocycles. The number of carbonyl (C=O) groups is 2. The first-order valence-electron chi connectivity index (χ1n) is 4.46. The average molecular weight is 269 g/mol. The van der Waals surface area contributed by atoms with Crippen LogP contribution in [0.3, 0.4) is 0 Å². The van der Waals surface area contributed by atoms with Crippen molar-refractivity contribution in [2.75, 3.05) is 12.4 Å². The predicted molar refractivity (Wildman–Crippen MR) is 63.5 cm³/mol. The molecule has 0 saturated carbocycles. The topological polar surface area (TPSA) is 81.2 Å². The van der Waals surface area contributed by atoms with Gasteiger partial charge in [-0.15, -0.1) is 16.4 Å². The van der Waals surface area contributed by atoms with Crippen LogP contribution in [0.25, 0.3) is 0 Å². The molecule has 0 radical (unpaired) electrons. The number of nitrogens with zero attached hydrogens (tertiary/aromatic N) is 2. The molecule has 0 aliphatic rings. The third kappa shape index (κ3) is 2.48. The van der Waals surface area contributed by atoms with Gasteiger partial charge in [0.1, 0.15) is 4.88 Å². The number of aromatic nitrogens is 2. The van der Waals surface area contributed by atoms with Gasteiger partial charge < -0.3 is 10.1 Å². The van der Waals surface area contributed by atoms with E-state index < -0.39 is 11.9 Å². The Kier molecular flexibility index (Phi) is 3.45. The second kappa shape index (κ2) is 5.02. The van der Waals surface area contributed by atoms with Gasteiger partial charge in [0.25, 0.3) is 5.91 Å². The van der Waals surface area contributed by atoms with E-state index >= 15 is 0 Å². The number of methoxy groups -OCH3 is 1. The smallest absolute Gasteiger partial charge is 0.350 e. The minimum absolute atomic E-state index is 0.219. The standard InChI is InChI=1S/C9H7N3O3S2/c1-15-9(14)7-5(2-3-16-7)10-8(13)6-4-17-12-11-6/h2-4H,1H3,(H,10,13). The molecular formula is C9H7N3O3S2. The molecule has 2 aromatic rings. The van der Waals surface area contributed by atoms with Gasteiger partial charge in [-0.1, -0.05) is 4.49 Å². The van der Waals surface area contributed by atoms with Crippen LogP contribution in [0, 0.1) is 0 Å². The summed E-state index contributed by atoms with van der Waals surface area (Å²) in [6.07, 6.45) is 0. The summed E-state index contributed by atoms with van der Waals surface area (Å²) in [4.78, 5) is 23.4. The normalized spacial score (nSPS) is 9.94. The number of thiophene rings is 1. The maximum Gasteiger partial charge on any atom is 0.350 e. The van der Waals surface area contributed by atoms with Gasteiger partial charge in [0.2, 0.25) is 0 Å². The minimum Gasteiger partial charge on any atom is -0.465 e. The molecule has 2 rings (SSSR count). The van der Waals surface area contributed by atoms with E-state index in [0.29, 0.717) is 10.6 Å². The monoisotopic (exact) mass is 269 g/mol. The highest BCUT2D eigenvalue weighted by Gasteiger charge is 2.17. The van der Waals surface area contributed by atoms with E-state index in [1.807, 2.05) is 0 Å². The van der Waals surface area contributed by atoms with Crippen LogP contribution in [0.1, 0.15) is 20.2 Å². The van der Waals surface area contributed by atoms with Crippen LogP contribution in [-0.4, -0.2) is 28.6 Å². The third-order valence-corrected chi connectivity index (χ3v) is 3.28. The lowest BCUT2D eigenvalue weighted by molar-refractivity contribution is 0.0607. The van der Waals surface area contributed by atoms with Gasteiger partial charge >= 0.3 is 5.97 Å². The fraction of sp³-hybridized carbons (Fsp3) is 0.111. The first kappa shape index (κ1) is 11.7. The Labute approximate surface area is 104 Å². The van der Waals surface area contributed by atoms with Crippen LogP contribution < -0.4 is 5.32 Å². The lowest BCUT2D eigenvalue weighted by Gasteiger charge is -2.02. The van der Waals surface area contributed by atoms with E-state index in [9.17, 15) is 9.59 Å².